The second-order valence-corrected chi connectivity index (χ2v) is 5.73. The average Bonchev–Trinajstić information content (AvgIpc) is 2.40. The van der Waals surface area contributed by atoms with Gasteiger partial charge in [0.25, 0.3) is 0 Å². The zero-order valence-corrected chi connectivity index (χ0v) is 13.6. The van der Waals surface area contributed by atoms with Gasteiger partial charge in [-0.25, -0.2) is 4.98 Å². The summed E-state index contributed by atoms with van der Waals surface area (Å²) in [4.78, 5) is 4.52. The van der Waals surface area contributed by atoms with Gasteiger partial charge < -0.3 is 10.1 Å². The van der Waals surface area contributed by atoms with Crippen LogP contribution in [0.4, 0.5) is 0 Å². The number of aryl methyl sites for hydroxylation is 2. The molecule has 1 heterocycles. The Morgan fingerprint density at radius 1 is 1.25 bits per heavy atom. The number of nitrogens with zero attached hydrogens (tertiary/aromatic N) is 1. The van der Waals surface area contributed by atoms with Crippen LogP contribution in [0.2, 0.25) is 0 Å². The van der Waals surface area contributed by atoms with Crippen LogP contribution in [0.15, 0.2) is 34.8 Å². The van der Waals surface area contributed by atoms with Gasteiger partial charge in [-0.15, -0.1) is 0 Å². The summed E-state index contributed by atoms with van der Waals surface area (Å²) in [5, 5.41) is 3.16. The van der Waals surface area contributed by atoms with Gasteiger partial charge in [0.15, 0.2) is 0 Å². The van der Waals surface area contributed by atoms with Crippen LogP contribution >= 0.6 is 15.9 Å². The Hall–Kier alpha value is -1.39. The van der Waals surface area contributed by atoms with E-state index in [4.69, 9.17) is 4.74 Å². The highest BCUT2D eigenvalue weighted by molar-refractivity contribution is 9.10. The molecule has 0 fully saturated rings. The van der Waals surface area contributed by atoms with E-state index in [0.717, 1.165) is 33.7 Å². The van der Waals surface area contributed by atoms with Crippen LogP contribution in [0.3, 0.4) is 0 Å². The third-order valence-electron chi connectivity index (χ3n) is 3.06. The van der Waals surface area contributed by atoms with E-state index in [2.05, 4.69) is 45.3 Å². The third kappa shape index (κ3) is 3.81. The molecule has 20 heavy (non-hydrogen) atoms. The minimum Gasteiger partial charge on any atom is -0.473 e. The van der Waals surface area contributed by atoms with Gasteiger partial charge >= 0.3 is 0 Å². The molecule has 2 rings (SSSR count). The molecule has 0 spiro atoms. The fourth-order valence-corrected chi connectivity index (χ4v) is 2.57. The number of hydrogen-bond donors (Lipinski definition) is 1. The Labute approximate surface area is 128 Å². The first-order valence-corrected chi connectivity index (χ1v) is 7.38. The Kier molecular flexibility index (Phi) is 5.15. The zero-order chi connectivity index (χ0) is 14.5. The van der Waals surface area contributed by atoms with E-state index >= 15 is 0 Å². The molecular formula is C16H19BrN2O. The smallest absolute Gasteiger partial charge is 0.218 e. The molecule has 0 aliphatic heterocycles. The van der Waals surface area contributed by atoms with E-state index in [1.54, 1.807) is 0 Å². The van der Waals surface area contributed by atoms with Gasteiger partial charge in [-0.3, -0.25) is 0 Å². The van der Waals surface area contributed by atoms with Crippen molar-refractivity contribution in [3.8, 4) is 5.88 Å². The molecule has 4 heteroatoms. The lowest BCUT2D eigenvalue weighted by molar-refractivity contribution is 0.289. The van der Waals surface area contributed by atoms with Crippen molar-refractivity contribution in [2.75, 3.05) is 7.05 Å². The van der Waals surface area contributed by atoms with Crippen molar-refractivity contribution in [1.29, 1.82) is 0 Å². The maximum absolute atomic E-state index is 5.92. The fourth-order valence-electron chi connectivity index (χ4n) is 2.12. The van der Waals surface area contributed by atoms with Crippen molar-refractivity contribution in [2.24, 2.45) is 0 Å². The van der Waals surface area contributed by atoms with Crippen molar-refractivity contribution in [2.45, 2.75) is 27.0 Å². The number of rotatable bonds is 5. The number of ether oxygens (including phenoxy) is 1. The highest BCUT2D eigenvalue weighted by atomic mass is 79.9. The van der Waals surface area contributed by atoms with Crippen LogP contribution in [0.1, 0.15) is 22.4 Å². The third-order valence-corrected chi connectivity index (χ3v) is 3.55. The van der Waals surface area contributed by atoms with Crippen LogP contribution in [-0.2, 0) is 13.2 Å². The van der Waals surface area contributed by atoms with Crippen molar-refractivity contribution in [3.63, 3.8) is 0 Å². The number of pyridine rings is 1. The molecule has 0 bridgehead atoms. The van der Waals surface area contributed by atoms with Gasteiger partial charge in [-0.05, 0) is 50.2 Å². The summed E-state index contributed by atoms with van der Waals surface area (Å²) in [5.74, 6) is 0.719. The molecule has 1 N–H and O–H groups in total. The summed E-state index contributed by atoms with van der Waals surface area (Å²) >= 11 is 3.47. The monoisotopic (exact) mass is 334 g/mol. The maximum atomic E-state index is 5.92. The van der Waals surface area contributed by atoms with Crippen LogP contribution in [0.5, 0.6) is 5.88 Å². The van der Waals surface area contributed by atoms with E-state index in [-0.39, 0.29) is 0 Å². The minimum atomic E-state index is 0.520. The second kappa shape index (κ2) is 6.86. The highest BCUT2D eigenvalue weighted by Crippen LogP contribution is 2.22. The highest BCUT2D eigenvalue weighted by Gasteiger charge is 2.10. The van der Waals surface area contributed by atoms with E-state index in [1.165, 1.54) is 5.56 Å². The van der Waals surface area contributed by atoms with Crippen LogP contribution in [0, 0.1) is 13.8 Å². The lowest BCUT2D eigenvalue weighted by Gasteiger charge is -2.14. The molecule has 0 saturated carbocycles. The predicted octanol–water partition coefficient (Wildman–Crippen LogP) is 3.76. The quantitative estimate of drug-likeness (QED) is 0.903. The number of aromatic nitrogens is 1. The first-order valence-electron chi connectivity index (χ1n) is 6.59. The molecule has 0 radical (unpaired) electrons. The molecule has 2 aromatic rings. The van der Waals surface area contributed by atoms with Crippen molar-refractivity contribution in [1.82, 2.24) is 10.3 Å². The van der Waals surface area contributed by atoms with Gasteiger partial charge in [0.05, 0.1) is 0 Å². The van der Waals surface area contributed by atoms with Gasteiger partial charge in [0, 0.05) is 22.3 Å². The molecule has 0 saturated heterocycles. The summed E-state index contributed by atoms with van der Waals surface area (Å²) in [5.41, 5.74) is 4.42. The number of hydrogen-bond acceptors (Lipinski definition) is 3. The predicted molar refractivity (Wildman–Crippen MR) is 84.9 cm³/mol. The fraction of sp³-hybridized carbons (Fsp3) is 0.312. The molecule has 1 aromatic carbocycles. The summed E-state index contributed by atoms with van der Waals surface area (Å²) < 4.78 is 6.98. The summed E-state index contributed by atoms with van der Waals surface area (Å²) in [6, 6.07) is 10.2. The molecule has 0 aliphatic rings. The first kappa shape index (κ1) is 15.0. The Morgan fingerprint density at radius 2 is 2.05 bits per heavy atom. The Bertz CT molecular complexity index is 599. The van der Waals surface area contributed by atoms with Crippen LogP contribution in [-0.4, -0.2) is 12.0 Å². The summed E-state index contributed by atoms with van der Waals surface area (Å²) in [6.07, 6.45) is 0. The molecule has 0 amide bonds. The minimum absolute atomic E-state index is 0.520. The number of nitrogens with one attached hydrogen (secondary N) is 1. The Morgan fingerprint density at radius 3 is 2.75 bits per heavy atom. The van der Waals surface area contributed by atoms with Gasteiger partial charge in [-0.1, -0.05) is 28.1 Å². The molecule has 0 unspecified atom stereocenters. The Balaban J connectivity index is 2.20. The molecule has 0 atom stereocenters. The molecule has 106 valence electrons. The van der Waals surface area contributed by atoms with Gasteiger partial charge in [0.2, 0.25) is 5.88 Å². The maximum Gasteiger partial charge on any atom is 0.218 e. The lowest BCUT2D eigenvalue weighted by atomic mass is 10.1. The zero-order valence-electron chi connectivity index (χ0n) is 12.0. The molecule has 1 aromatic heterocycles. The van der Waals surface area contributed by atoms with Crippen LogP contribution in [0.25, 0.3) is 0 Å². The average molecular weight is 335 g/mol. The van der Waals surface area contributed by atoms with Gasteiger partial charge in [0.1, 0.15) is 6.61 Å². The van der Waals surface area contributed by atoms with E-state index < -0.39 is 0 Å². The number of benzene rings is 1. The van der Waals surface area contributed by atoms with Crippen molar-refractivity contribution >= 4 is 15.9 Å². The normalized spacial score (nSPS) is 10.6. The molecular weight excluding hydrogens is 316 g/mol. The van der Waals surface area contributed by atoms with Crippen molar-refractivity contribution in [3.05, 3.63) is 57.2 Å². The van der Waals surface area contributed by atoms with E-state index in [9.17, 15) is 0 Å². The van der Waals surface area contributed by atoms with Crippen LogP contribution < -0.4 is 10.1 Å². The second-order valence-electron chi connectivity index (χ2n) is 4.81. The topological polar surface area (TPSA) is 34.2 Å². The SMILES string of the molecule is CNCc1c(C)cc(C)nc1OCc1cccc(Br)c1. The lowest BCUT2D eigenvalue weighted by Crippen LogP contribution is -2.11. The summed E-state index contributed by atoms with van der Waals surface area (Å²) in [6.45, 7) is 5.36. The summed E-state index contributed by atoms with van der Waals surface area (Å²) in [7, 11) is 1.93. The number of halogens is 1. The standard InChI is InChI=1S/C16H19BrN2O/c1-11-7-12(2)19-16(15(11)9-18-3)20-10-13-5-4-6-14(17)8-13/h4-8,18H,9-10H2,1-3H3. The first-order chi connectivity index (χ1) is 9.60. The molecule has 3 nitrogen and oxygen atoms in total. The van der Waals surface area contributed by atoms with E-state index in [1.807, 2.05) is 32.2 Å². The molecule has 0 aliphatic carbocycles. The van der Waals surface area contributed by atoms with Crippen molar-refractivity contribution < 1.29 is 4.74 Å². The largest absolute Gasteiger partial charge is 0.473 e. The van der Waals surface area contributed by atoms with Gasteiger partial charge in [-0.2, -0.15) is 0 Å². The van der Waals surface area contributed by atoms with E-state index in [0.29, 0.717) is 6.61 Å².